The number of morpholine rings is 1. The lowest BCUT2D eigenvalue weighted by Crippen LogP contribution is -2.36. The van der Waals surface area contributed by atoms with Crippen molar-refractivity contribution in [2.24, 2.45) is 0 Å². The molecule has 2 aromatic carbocycles. The number of carbonyl (C=O) groups excluding carboxylic acids is 2. The molecule has 2 fully saturated rings. The van der Waals surface area contributed by atoms with Crippen LogP contribution in [0.1, 0.15) is 23.2 Å². The smallest absolute Gasteiger partial charge is 0.293 e. The molecule has 2 amide bonds. The number of amides is 2. The molecular weight excluding hydrogens is 438 g/mol. The van der Waals surface area contributed by atoms with Gasteiger partial charge in [0.1, 0.15) is 5.69 Å². The van der Waals surface area contributed by atoms with Crippen LogP contribution in [0.2, 0.25) is 0 Å². The zero-order chi connectivity index (χ0) is 24.1. The molecule has 1 N–H and O–H groups in total. The monoisotopic (exact) mass is 467 g/mol. The van der Waals surface area contributed by atoms with Crippen LogP contribution in [-0.2, 0) is 9.53 Å². The Morgan fingerprint density at radius 1 is 1.03 bits per heavy atom. The van der Waals surface area contributed by atoms with E-state index in [9.17, 15) is 19.7 Å². The van der Waals surface area contributed by atoms with E-state index in [1.165, 1.54) is 18.0 Å². The molecule has 2 aliphatic rings. The van der Waals surface area contributed by atoms with Gasteiger partial charge < -0.3 is 24.8 Å². The van der Waals surface area contributed by atoms with Gasteiger partial charge in [-0.25, -0.2) is 0 Å². The molecule has 4 rings (SSSR count). The first-order valence-electron chi connectivity index (χ1n) is 11.4. The number of benzene rings is 2. The molecule has 0 spiro atoms. The summed E-state index contributed by atoms with van der Waals surface area (Å²) in [6.45, 7) is 4.41. The Bertz CT molecular complexity index is 1050. The number of ether oxygens (including phenoxy) is 1. The van der Waals surface area contributed by atoms with Crippen molar-refractivity contribution in [3.8, 4) is 0 Å². The SMILES string of the molecule is CN(CC(=O)Nc1ccc(N2CCOCC2)cc1)C(=O)c1ccc(N2CCCC2)c([N+](=O)[O-])c1. The molecule has 2 saturated heterocycles. The van der Waals surface area contributed by atoms with Crippen LogP contribution in [-0.4, -0.2) is 74.6 Å². The van der Waals surface area contributed by atoms with Crippen LogP contribution in [0.4, 0.5) is 22.7 Å². The Labute approximate surface area is 198 Å². The number of nitrogens with one attached hydrogen (secondary N) is 1. The third-order valence-corrected chi connectivity index (χ3v) is 6.12. The van der Waals surface area contributed by atoms with Crippen molar-refractivity contribution < 1.29 is 19.2 Å². The molecule has 2 heterocycles. The van der Waals surface area contributed by atoms with Crippen molar-refractivity contribution in [1.29, 1.82) is 0 Å². The van der Waals surface area contributed by atoms with Gasteiger partial charge in [0.2, 0.25) is 5.91 Å². The van der Waals surface area contributed by atoms with Crippen LogP contribution >= 0.6 is 0 Å². The summed E-state index contributed by atoms with van der Waals surface area (Å²) in [5.74, 6) is -0.799. The minimum absolute atomic E-state index is 0.0917. The minimum Gasteiger partial charge on any atom is -0.378 e. The van der Waals surface area contributed by atoms with Crippen molar-refractivity contribution in [3.05, 3.63) is 58.1 Å². The maximum absolute atomic E-state index is 12.9. The highest BCUT2D eigenvalue weighted by Gasteiger charge is 2.25. The van der Waals surface area contributed by atoms with Gasteiger partial charge in [-0.2, -0.15) is 0 Å². The molecule has 2 aliphatic heterocycles. The van der Waals surface area contributed by atoms with Gasteiger partial charge in [-0.05, 0) is 49.2 Å². The second-order valence-electron chi connectivity index (χ2n) is 8.51. The van der Waals surface area contributed by atoms with Crippen LogP contribution in [0.5, 0.6) is 0 Å². The lowest BCUT2D eigenvalue weighted by atomic mass is 10.1. The fourth-order valence-corrected chi connectivity index (χ4v) is 4.31. The van der Waals surface area contributed by atoms with Gasteiger partial charge in [0.25, 0.3) is 11.6 Å². The lowest BCUT2D eigenvalue weighted by Gasteiger charge is -2.28. The van der Waals surface area contributed by atoms with Crippen LogP contribution in [0.3, 0.4) is 0 Å². The number of nitro groups is 1. The Kier molecular flexibility index (Phi) is 7.27. The van der Waals surface area contributed by atoms with Gasteiger partial charge in [0.15, 0.2) is 0 Å². The largest absolute Gasteiger partial charge is 0.378 e. The molecule has 0 atom stereocenters. The van der Waals surface area contributed by atoms with Crippen molar-refractivity contribution in [1.82, 2.24) is 4.90 Å². The van der Waals surface area contributed by atoms with Crippen LogP contribution in [0, 0.1) is 10.1 Å². The van der Waals surface area contributed by atoms with Gasteiger partial charge >= 0.3 is 0 Å². The zero-order valence-corrected chi connectivity index (χ0v) is 19.2. The number of likely N-dealkylation sites (N-methyl/N-ethyl adjacent to an activating group) is 1. The zero-order valence-electron chi connectivity index (χ0n) is 19.2. The molecule has 0 aliphatic carbocycles. The predicted molar refractivity (Wildman–Crippen MR) is 130 cm³/mol. The first-order valence-corrected chi connectivity index (χ1v) is 11.4. The third kappa shape index (κ3) is 5.45. The molecule has 0 bridgehead atoms. The maximum Gasteiger partial charge on any atom is 0.293 e. The summed E-state index contributed by atoms with van der Waals surface area (Å²) in [5, 5.41) is 14.4. The van der Waals surface area contributed by atoms with E-state index < -0.39 is 10.8 Å². The molecule has 2 aromatic rings. The molecule has 0 unspecified atom stereocenters. The molecular formula is C24H29N5O5. The van der Waals surface area contributed by atoms with Gasteiger partial charge in [0.05, 0.1) is 24.7 Å². The lowest BCUT2D eigenvalue weighted by molar-refractivity contribution is -0.384. The molecule has 0 saturated carbocycles. The second-order valence-corrected chi connectivity index (χ2v) is 8.51. The number of anilines is 3. The first kappa shape index (κ1) is 23.5. The van der Waals surface area contributed by atoms with Gasteiger partial charge in [0, 0.05) is 56.2 Å². The summed E-state index contributed by atoms with van der Waals surface area (Å²) in [6.07, 6.45) is 1.98. The van der Waals surface area contributed by atoms with Crippen LogP contribution in [0.15, 0.2) is 42.5 Å². The molecule has 0 radical (unpaired) electrons. The van der Waals surface area contributed by atoms with E-state index >= 15 is 0 Å². The fourth-order valence-electron chi connectivity index (χ4n) is 4.31. The molecule has 180 valence electrons. The highest BCUT2D eigenvalue weighted by atomic mass is 16.6. The van der Waals surface area contributed by atoms with Gasteiger partial charge in [-0.3, -0.25) is 19.7 Å². The highest BCUT2D eigenvalue weighted by Crippen LogP contribution is 2.32. The Morgan fingerprint density at radius 3 is 2.35 bits per heavy atom. The molecule has 34 heavy (non-hydrogen) atoms. The Balaban J connectivity index is 1.36. The summed E-state index contributed by atoms with van der Waals surface area (Å²) in [4.78, 5) is 41.9. The van der Waals surface area contributed by atoms with E-state index in [0.29, 0.717) is 24.6 Å². The van der Waals surface area contributed by atoms with Crippen molar-refractivity contribution in [3.63, 3.8) is 0 Å². The highest BCUT2D eigenvalue weighted by molar-refractivity contribution is 6.00. The number of hydrogen-bond donors (Lipinski definition) is 1. The number of carbonyl (C=O) groups is 2. The average molecular weight is 468 g/mol. The van der Waals surface area contributed by atoms with E-state index in [2.05, 4.69) is 10.2 Å². The molecule has 0 aromatic heterocycles. The summed E-state index contributed by atoms with van der Waals surface area (Å²) >= 11 is 0. The summed E-state index contributed by atoms with van der Waals surface area (Å²) in [7, 11) is 1.50. The number of nitro benzene ring substituents is 1. The number of hydrogen-bond acceptors (Lipinski definition) is 7. The summed E-state index contributed by atoms with van der Waals surface area (Å²) < 4.78 is 5.37. The number of nitrogens with zero attached hydrogens (tertiary/aromatic N) is 4. The van der Waals surface area contributed by atoms with Crippen LogP contribution in [0.25, 0.3) is 0 Å². The Hall–Kier alpha value is -3.66. The minimum atomic E-state index is -0.461. The summed E-state index contributed by atoms with van der Waals surface area (Å²) in [5.41, 5.74) is 2.31. The topological polar surface area (TPSA) is 108 Å². The van der Waals surface area contributed by atoms with Crippen molar-refractivity contribution in [2.45, 2.75) is 12.8 Å². The average Bonchev–Trinajstić information content (AvgIpc) is 3.39. The van der Waals surface area contributed by atoms with E-state index in [0.717, 1.165) is 44.7 Å². The van der Waals surface area contributed by atoms with E-state index in [4.69, 9.17) is 4.74 Å². The number of rotatable bonds is 7. The van der Waals surface area contributed by atoms with Gasteiger partial charge in [-0.15, -0.1) is 0 Å². The predicted octanol–water partition coefficient (Wildman–Crippen LogP) is 2.74. The van der Waals surface area contributed by atoms with E-state index in [1.807, 2.05) is 29.2 Å². The quantitative estimate of drug-likeness (QED) is 0.493. The third-order valence-electron chi connectivity index (χ3n) is 6.12. The molecule has 10 heteroatoms. The van der Waals surface area contributed by atoms with E-state index in [-0.39, 0.29) is 23.7 Å². The van der Waals surface area contributed by atoms with E-state index in [1.54, 1.807) is 12.1 Å². The normalized spacial score (nSPS) is 15.8. The van der Waals surface area contributed by atoms with Crippen molar-refractivity contribution >= 4 is 34.6 Å². The second kappa shape index (κ2) is 10.5. The maximum atomic E-state index is 12.9. The Morgan fingerprint density at radius 2 is 1.71 bits per heavy atom. The summed E-state index contributed by atoms with van der Waals surface area (Å²) in [6, 6.07) is 12.0. The molecule has 10 nitrogen and oxygen atoms in total. The first-order chi connectivity index (χ1) is 16.4. The standard InChI is InChI=1S/C24H29N5O5/c1-26(17-23(30)25-19-5-7-20(8-6-19)27-12-14-34-15-13-27)24(31)18-4-9-21(22(16-18)29(32)33)28-10-2-3-11-28/h4-9,16H,2-3,10-15,17H2,1H3,(H,25,30). The fraction of sp³-hybridized carbons (Fsp3) is 0.417. The van der Waals surface area contributed by atoms with Crippen molar-refractivity contribution in [2.75, 3.05) is 68.1 Å². The van der Waals surface area contributed by atoms with Gasteiger partial charge in [-0.1, -0.05) is 0 Å². The van der Waals surface area contributed by atoms with Crippen LogP contribution < -0.4 is 15.1 Å².